The first-order valence-corrected chi connectivity index (χ1v) is 27.3. The number of benzene rings is 2. The predicted molar refractivity (Wildman–Crippen MR) is 272 cm³/mol. The molecule has 392 valence electrons. The average molecular weight is 1030 g/mol. The van der Waals surface area contributed by atoms with Crippen molar-refractivity contribution in [3.05, 3.63) is 97.1 Å². The number of azide groups is 1. The molecule has 6 rings (SSSR count). The molecule has 2 aliphatic rings. The van der Waals surface area contributed by atoms with Gasteiger partial charge >= 0.3 is 12.1 Å². The van der Waals surface area contributed by atoms with Crippen molar-refractivity contribution >= 4 is 54.8 Å². The van der Waals surface area contributed by atoms with E-state index in [1.165, 1.54) is 0 Å². The second kappa shape index (κ2) is 24.7. The van der Waals surface area contributed by atoms with E-state index in [2.05, 4.69) is 72.2 Å². The van der Waals surface area contributed by atoms with Crippen LogP contribution in [-0.2, 0) is 74.6 Å². The lowest BCUT2D eigenvalue weighted by molar-refractivity contribution is -0.175. The van der Waals surface area contributed by atoms with Crippen LogP contribution in [-0.4, -0.2) is 99.8 Å². The fourth-order valence-electron chi connectivity index (χ4n) is 8.32. The molecular weight excluding hydrogens is 961 g/mol. The molecule has 0 radical (unpaired) electrons. The number of ether oxygens (including phenoxy) is 5. The van der Waals surface area contributed by atoms with Gasteiger partial charge in [0.2, 0.25) is 31.6 Å². The molecule has 0 aliphatic carbocycles. The smallest absolute Gasteiger partial charge is 0.510 e. The summed E-state index contributed by atoms with van der Waals surface area (Å²) in [6, 6.07) is 13.1. The highest BCUT2D eigenvalue weighted by atomic mass is 28.4. The second-order valence-corrected chi connectivity index (χ2v) is 23.9. The molecule has 22 nitrogen and oxygen atoms in total. The lowest BCUT2D eigenvalue weighted by atomic mass is 9.85. The molecule has 2 aromatic heterocycles. The Morgan fingerprint density at radius 1 is 0.986 bits per heavy atom. The number of aryl methyl sites for hydroxylation is 1. The van der Waals surface area contributed by atoms with Crippen molar-refractivity contribution in [2.75, 3.05) is 51.4 Å². The number of carbonyl (C=O) groups is 5. The number of cyclic esters (lactones) is 1. The zero-order chi connectivity index (χ0) is 52.9. The van der Waals surface area contributed by atoms with Crippen molar-refractivity contribution in [1.29, 1.82) is 0 Å². The number of hydrogen-bond acceptors (Lipinski definition) is 16. The van der Waals surface area contributed by atoms with Gasteiger partial charge in [-0.15, -0.1) is 0 Å². The van der Waals surface area contributed by atoms with Crippen molar-refractivity contribution in [1.82, 2.24) is 25.6 Å². The van der Waals surface area contributed by atoms with E-state index in [9.17, 15) is 28.8 Å². The summed E-state index contributed by atoms with van der Waals surface area (Å²) < 4.78 is 35.7. The number of nitrogens with zero attached hydrogens (tertiary/aromatic N) is 5. The number of pyridine rings is 2. The summed E-state index contributed by atoms with van der Waals surface area (Å²) in [5, 5.41) is 12.3. The predicted octanol–water partition coefficient (Wildman–Crippen LogP) is 5.90. The van der Waals surface area contributed by atoms with Crippen LogP contribution in [0.5, 0.6) is 5.75 Å². The van der Waals surface area contributed by atoms with E-state index in [0.29, 0.717) is 48.4 Å². The maximum atomic E-state index is 14.3. The molecule has 0 fully saturated rings. The van der Waals surface area contributed by atoms with Gasteiger partial charge in [-0.3, -0.25) is 30.4 Å². The van der Waals surface area contributed by atoms with Gasteiger partial charge in [0.25, 0.3) is 5.56 Å². The molecule has 0 spiro atoms. The van der Waals surface area contributed by atoms with Crippen LogP contribution in [0.1, 0.15) is 88.1 Å². The fraction of sp³-hybridized carbons (Fsp3) is 0.500. The van der Waals surface area contributed by atoms with Crippen LogP contribution in [0.15, 0.2) is 58.4 Å². The molecule has 3 amide bonds. The number of hydrazine groups is 1. The van der Waals surface area contributed by atoms with E-state index in [-0.39, 0.29) is 80.6 Å². The van der Waals surface area contributed by atoms with Gasteiger partial charge in [-0.2, -0.15) is 0 Å². The van der Waals surface area contributed by atoms with Crippen molar-refractivity contribution in [2.45, 2.75) is 116 Å². The minimum Gasteiger partial charge on any atom is -0.543 e. The number of aromatic nitrogens is 2. The van der Waals surface area contributed by atoms with Crippen LogP contribution in [0.2, 0.25) is 18.1 Å². The first-order valence-electron chi connectivity index (χ1n) is 24.4. The summed E-state index contributed by atoms with van der Waals surface area (Å²) in [5.74, 6) is 3.74. The second-order valence-electron chi connectivity index (χ2n) is 19.2. The first-order chi connectivity index (χ1) is 34.9. The summed E-state index contributed by atoms with van der Waals surface area (Å²) in [6.45, 7) is 14.8. The standard InChI is InChI=1S/C50H66N10O12Si/c1-8-34-35-24-33(72-73(6,7)49(3,4)5)17-18-39(35)58-44-36(34)26-60-41(44)25-38-37(46(60)64)28-69-47(65)50(38,9-2)71-48(66)70-27-31-13-15-32(16-14-31)56-45(63)40(12-10-11-19-54-51)57-43(62)30-68-29-42(61)53-20-22-67-23-21-55-59-52/h13-18,24-25,40,54H,8-12,19-23,26-30,51H2,1-7H3,(H,53,61)(H,56,63)(H,57,62). The molecule has 0 bridgehead atoms. The number of hydrogen-bond donors (Lipinski definition) is 5. The highest BCUT2D eigenvalue weighted by Crippen LogP contribution is 2.43. The monoisotopic (exact) mass is 1030 g/mol. The minimum atomic E-state index is -2.14. The fourth-order valence-corrected chi connectivity index (χ4v) is 9.35. The first kappa shape index (κ1) is 55.4. The van der Waals surface area contributed by atoms with E-state index < -0.39 is 63.0 Å². The zero-order valence-electron chi connectivity index (χ0n) is 42.5. The number of nitrogens with one attached hydrogen (secondary N) is 4. The molecule has 2 aromatic carbocycles. The Hall–Kier alpha value is -6.88. The molecule has 0 saturated heterocycles. The third kappa shape index (κ3) is 13.4. The Labute approximate surface area is 424 Å². The highest BCUT2D eigenvalue weighted by Gasteiger charge is 2.51. The van der Waals surface area contributed by atoms with E-state index in [1.807, 2.05) is 18.2 Å². The number of nitrogens with two attached hydrogens (primary N) is 1. The SMILES string of the molecule is CCc1c2c(nc3ccc(O[Si](C)(C)C(C)(C)C)cc13)-c1cc3c(c(=O)n1C2)COC(=O)C3(CC)OC(=O)OCc1ccc(NC(=O)C(CCCCNN)NC(=O)COCC(=O)NCCOCCN=[N+]=[N-])cc1. The maximum Gasteiger partial charge on any atom is 0.510 e. The molecule has 4 heterocycles. The van der Waals surface area contributed by atoms with Crippen molar-refractivity contribution in [3.8, 4) is 17.1 Å². The van der Waals surface area contributed by atoms with Gasteiger partial charge < -0.3 is 48.6 Å². The van der Waals surface area contributed by atoms with Crippen LogP contribution in [0, 0.1) is 0 Å². The highest BCUT2D eigenvalue weighted by molar-refractivity contribution is 6.74. The van der Waals surface area contributed by atoms with E-state index in [1.54, 1.807) is 41.8 Å². The number of carbonyl (C=O) groups excluding carboxylic acids is 5. The molecule has 2 unspecified atom stereocenters. The average Bonchev–Trinajstić information content (AvgIpc) is 3.72. The van der Waals surface area contributed by atoms with Crippen LogP contribution >= 0.6 is 0 Å². The third-order valence-corrected chi connectivity index (χ3v) is 17.6. The number of unbranched alkanes of at least 4 members (excludes halogenated alkanes) is 1. The van der Waals surface area contributed by atoms with Gasteiger partial charge in [0, 0.05) is 46.7 Å². The Morgan fingerprint density at radius 2 is 1.74 bits per heavy atom. The molecule has 0 saturated carbocycles. The van der Waals surface area contributed by atoms with Gasteiger partial charge in [-0.25, -0.2) is 14.6 Å². The van der Waals surface area contributed by atoms with Crippen molar-refractivity contribution in [3.63, 3.8) is 0 Å². The third-order valence-electron chi connectivity index (χ3n) is 13.3. The summed E-state index contributed by atoms with van der Waals surface area (Å²) in [6.07, 6.45) is 0.888. The minimum absolute atomic E-state index is 0.00150. The van der Waals surface area contributed by atoms with E-state index in [4.69, 9.17) is 44.5 Å². The quantitative estimate of drug-likeness (QED) is 0.00664. The van der Waals surface area contributed by atoms with Gasteiger partial charge in [0.1, 0.15) is 38.2 Å². The van der Waals surface area contributed by atoms with Crippen molar-refractivity contribution in [2.24, 2.45) is 11.0 Å². The van der Waals surface area contributed by atoms with Gasteiger partial charge in [-0.1, -0.05) is 51.9 Å². The molecule has 6 N–H and O–H groups in total. The number of rotatable bonds is 25. The molecule has 73 heavy (non-hydrogen) atoms. The number of amides is 3. The Morgan fingerprint density at radius 3 is 2.44 bits per heavy atom. The van der Waals surface area contributed by atoms with Crippen LogP contribution in [0.4, 0.5) is 10.5 Å². The van der Waals surface area contributed by atoms with Crippen molar-refractivity contribution < 1.29 is 52.1 Å². The topological polar surface area (TPSA) is 299 Å². The number of esters is 1. The molecular formula is C50H66N10O12Si. The summed E-state index contributed by atoms with van der Waals surface area (Å²) in [7, 11) is -2.14. The Balaban J connectivity index is 1.09. The lowest BCUT2D eigenvalue weighted by Crippen LogP contribution is -2.47. The van der Waals surface area contributed by atoms with Crippen LogP contribution < -0.4 is 37.2 Å². The largest absolute Gasteiger partial charge is 0.543 e. The van der Waals surface area contributed by atoms with Gasteiger partial charge in [0.05, 0.1) is 42.2 Å². The Kier molecular flexibility index (Phi) is 18.8. The van der Waals surface area contributed by atoms with Gasteiger partial charge in [-0.05, 0) is 103 Å². The maximum absolute atomic E-state index is 14.3. The zero-order valence-corrected chi connectivity index (χ0v) is 43.5. The lowest BCUT2D eigenvalue weighted by Gasteiger charge is -2.36. The summed E-state index contributed by atoms with van der Waals surface area (Å²) in [5.41, 5.74) is 13.5. The summed E-state index contributed by atoms with van der Waals surface area (Å²) in [4.78, 5) is 87.5. The molecule has 2 atom stereocenters. The summed E-state index contributed by atoms with van der Waals surface area (Å²) >= 11 is 0. The molecule has 23 heteroatoms. The molecule has 4 aromatic rings. The molecule has 2 aliphatic heterocycles. The number of anilines is 1. The van der Waals surface area contributed by atoms with Crippen LogP contribution in [0.25, 0.3) is 32.7 Å². The Bertz CT molecular complexity index is 2790. The van der Waals surface area contributed by atoms with Gasteiger partial charge in [0.15, 0.2) is 0 Å². The normalized spacial score (nSPS) is 15.2. The van der Waals surface area contributed by atoms with Crippen LogP contribution in [0.3, 0.4) is 0 Å². The van der Waals surface area contributed by atoms with E-state index >= 15 is 0 Å². The number of fused-ring (bicyclic) bond motifs is 5. The van der Waals surface area contributed by atoms with E-state index in [0.717, 1.165) is 27.8 Å².